The Hall–Kier alpha value is -1.66. The Balaban J connectivity index is 2.76. The molecule has 1 atom stereocenters. The zero-order valence-corrected chi connectivity index (χ0v) is 11.0. The average Bonchev–Trinajstić information content (AvgIpc) is 2.34. The van der Waals surface area contributed by atoms with Crippen molar-refractivity contribution in [2.24, 2.45) is 5.73 Å². The third kappa shape index (κ3) is 3.97. The second kappa shape index (κ2) is 6.93. The zero-order chi connectivity index (χ0) is 13.5. The number of hydrogen-bond acceptors (Lipinski definition) is 5. The highest BCUT2D eigenvalue weighted by molar-refractivity contribution is 5.99. The SMILES string of the molecule is COCC(CNc1nc(C)ccc1C(=N)N)OC. The van der Waals surface area contributed by atoms with Crippen molar-refractivity contribution in [3.8, 4) is 0 Å². The summed E-state index contributed by atoms with van der Waals surface area (Å²) in [7, 11) is 3.25. The summed E-state index contributed by atoms with van der Waals surface area (Å²) in [6, 6.07) is 3.61. The van der Waals surface area contributed by atoms with Crippen LogP contribution in [0.1, 0.15) is 11.3 Å². The standard InChI is InChI=1S/C12H20N4O2/c1-8-4-5-10(11(13)14)12(16-8)15-6-9(18-3)7-17-2/h4-5,9H,6-7H2,1-3H3,(H3,13,14)(H,15,16). The summed E-state index contributed by atoms with van der Waals surface area (Å²) in [6.07, 6.45) is -0.0721. The van der Waals surface area contributed by atoms with E-state index < -0.39 is 0 Å². The number of nitrogens with zero attached hydrogens (tertiary/aromatic N) is 1. The number of ether oxygens (including phenoxy) is 2. The van der Waals surface area contributed by atoms with Crippen LogP contribution in [0.3, 0.4) is 0 Å². The Morgan fingerprint density at radius 1 is 1.50 bits per heavy atom. The van der Waals surface area contributed by atoms with Crippen LogP contribution in [0.4, 0.5) is 5.82 Å². The number of amidine groups is 1. The Labute approximate surface area is 107 Å². The maximum atomic E-state index is 7.50. The molecule has 1 aromatic heterocycles. The number of nitrogens with one attached hydrogen (secondary N) is 2. The monoisotopic (exact) mass is 252 g/mol. The molecule has 0 radical (unpaired) electrons. The third-order valence-electron chi connectivity index (χ3n) is 2.51. The fraction of sp³-hybridized carbons (Fsp3) is 0.500. The lowest BCUT2D eigenvalue weighted by molar-refractivity contribution is 0.0365. The quantitative estimate of drug-likeness (QED) is 0.492. The minimum Gasteiger partial charge on any atom is -0.384 e. The Bertz CT molecular complexity index is 409. The molecule has 1 rings (SSSR count). The van der Waals surface area contributed by atoms with Gasteiger partial charge in [0, 0.05) is 26.5 Å². The van der Waals surface area contributed by atoms with Crippen LogP contribution in [0.25, 0.3) is 0 Å². The highest BCUT2D eigenvalue weighted by Crippen LogP contribution is 2.13. The van der Waals surface area contributed by atoms with Gasteiger partial charge in [0.2, 0.25) is 0 Å². The van der Waals surface area contributed by atoms with Crippen molar-refractivity contribution in [1.29, 1.82) is 5.41 Å². The molecule has 100 valence electrons. The summed E-state index contributed by atoms with van der Waals surface area (Å²) < 4.78 is 10.3. The van der Waals surface area contributed by atoms with Crippen LogP contribution in [0.2, 0.25) is 0 Å². The van der Waals surface area contributed by atoms with Crippen LogP contribution in [-0.2, 0) is 9.47 Å². The summed E-state index contributed by atoms with van der Waals surface area (Å²) in [5.41, 5.74) is 6.96. The number of anilines is 1. The van der Waals surface area contributed by atoms with Gasteiger partial charge in [0.25, 0.3) is 0 Å². The fourth-order valence-corrected chi connectivity index (χ4v) is 1.52. The number of nitrogens with two attached hydrogens (primary N) is 1. The summed E-state index contributed by atoms with van der Waals surface area (Å²) in [5.74, 6) is 0.589. The Morgan fingerprint density at radius 2 is 2.22 bits per heavy atom. The number of hydrogen-bond donors (Lipinski definition) is 3. The fourth-order valence-electron chi connectivity index (χ4n) is 1.52. The minimum atomic E-state index is -0.0721. The summed E-state index contributed by atoms with van der Waals surface area (Å²) >= 11 is 0. The second-order valence-corrected chi connectivity index (χ2v) is 3.96. The van der Waals surface area contributed by atoms with Gasteiger partial charge in [0.1, 0.15) is 11.7 Å². The largest absolute Gasteiger partial charge is 0.384 e. The lowest BCUT2D eigenvalue weighted by atomic mass is 10.2. The summed E-state index contributed by atoms with van der Waals surface area (Å²) in [5, 5.41) is 10.6. The van der Waals surface area contributed by atoms with E-state index in [0.717, 1.165) is 5.69 Å². The van der Waals surface area contributed by atoms with Crippen LogP contribution in [0.15, 0.2) is 12.1 Å². The van der Waals surface area contributed by atoms with Crippen LogP contribution < -0.4 is 11.1 Å². The molecule has 0 aliphatic carbocycles. The average molecular weight is 252 g/mol. The van der Waals surface area contributed by atoms with Gasteiger partial charge in [0.05, 0.1) is 18.3 Å². The predicted octanol–water partition coefficient (Wildman–Crippen LogP) is 0.747. The number of methoxy groups -OCH3 is 2. The molecular formula is C12H20N4O2. The number of nitrogen functional groups attached to an aromatic ring is 1. The van der Waals surface area contributed by atoms with Gasteiger partial charge in [-0.15, -0.1) is 0 Å². The molecule has 0 bridgehead atoms. The first-order valence-electron chi connectivity index (χ1n) is 5.66. The molecule has 6 heteroatoms. The minimum absolute atomic E-state index is 0.00860. The first kappa shape index (κ1) is 14.4. The zero-order valence-electron chi connectivity index (χ0n) is 11.0. The molecule has 1 unspecified atom stereocenters. The van der Waals surface area contributed by atoms with Gasteiger partial charge in [0.15, 0.2) is 0 Å². The molecule has 6 nitrogen and oxygen atoms in total. The molecule has 1 aromatic rings. The van der Waals surface area contributed by atoms with E-state index in [1.165, 1.54) is 0 Å². The van der Waals surface area contributed by atoms with Crippen LogP contribution in [0, 0.1) is 12.3 Å². The molecule has 1 heterocycles. The second-order valence-electron chi connectivity index (χ2n) is 3.96. The predicted molar refractivity (Wildman–Crippen MR) is 71.2 cm³/mol. The molecule has 0 aliphatic heterocycles. The van der Waals surface area contributed by atoms with Gasteiger partial charge in [-0.25, -0.2) is 4.98 Å². The van der Waals surface area contributed by atoms with Gasteiger partial charge in [-0.1, -0.05) is 0 Å². The smallest absolute Gasteiger partial charge is 0.137 e. The number of rotatable bonds is 7. The van der Waals surface area contributed by atoms with Gasteiger partial charge in [-0.05, 0) is 19.1 Å². The highest BCUT2D eigenvalue weighted by Gasteiger charge is 2.11. The Morgan fingerprint density at radius 3 is 2.78 bits per heavy atom. The summed E-state index contributed by atoms with van der Waals surface area (Å²) in [6.45, 7) is 2.92. The molecule has 0 amide bonds. The van der Waals surface area contributed by atoms with Crippen molar-refractivity contribution in [1.82, 2.24) is 4.98 Å². The van der Waals surface area contributed by atoms with Gasteiger partial charge in [-0.2, -0.15) is 0 Å². The first-order chi connectivity index (χ1) is 8.58. The number of aromatic nitrogens is 1. The number of pyridine rings is 1. The van der Waals surface area contributed by atoms with Crippen LogP contribution in [-0.4, -0.2) is 44.3 Å². The highest BCUT2D eigenvalue weighted by atomic mass is 16.5. The van der Waals surface area contributed by atoms with Crippen molar-refractivity contribution in [2.75, 3.05) is 32.7 Å². The van der Waals surface area contributed by atoms with E-state index in [1.54, 1.807) is 20.3 Å². The Kier molecular flexibility index (Phi) is 5.54. The van der Waals surface area contributed by atoms with E-state index in [0.29, 0.717) is 24.5 Å². The van der Waals surface area contributed by atoms with Crippen LogP contribution in [0.5, 0.6) is 0 Å². The lowest BCUT2D eigenvalue weighted by Gasteiger charge is -2.17. The maximum Gasteiger partial charge on any atom is 0.137 e. The first-order valence-corrected chi connectivity index (χ1v) is 5.66. The van der Waals surface area contributed by atoms with E-state index in [1.807, 2.05) is 13.0 Å². The molecule has 0 aliphatic rings. The van der Waals surface area contributed by atoms with Gasteiger partial charge >= 0.3 is 0 Å². The lowest BCUT2D eigenvalue weighted by Crippen LogP contribution is -2.28. The van der Waals surface area contributed by atoms with E-state index in [2.05, 4.69) is 10.3 Å². The van der Waals surface area contributed by atoms with Crippen molar-refractivity contribution < 1.29 is 9.47 Å². The molecule has 0 saturated heterocycles. The van der Waals surface area contributed by atoms with Gasteiger partial charge in [-0.3, -0.25) is 5.41 Å². The van der Waals surface area contributed by atoms with E-state index in [-0.39, 0.29) is 11.9 Å². The van der Waals surface area contributed by atoms with Crippen LogP contribution >= 0.6 is 0 Å². The normalized spacial score (nSPS) is 12.2. The van der Waals surface area contributed by atoms with Gasteiger partial charge < -0.3 is 20.5 Å². The molecular weight excluding hydrogens is 232 g/mol. The molecule has 0 saturated carbocycles. The molecule has 0 spiro atoms. The van der Waals surface area contributed by atoms with E-state index in [9.17, 15) is 0 Å². The maximum absolute atomic E-state index is 7.50. The number of aryl methyl sites for hydroxylation is 1. The molecule has 18 heavy (non-hydrogen) atoms. The summed E-state index contributed by atoms with van der Waals surface area (Å²) in [4.78, 5) is 4.33. The topological polar surface area (TPSA) is 93.2 Å². The van der Waals surface area contributed by atoms with Crippen molar-refractivity contribution in [3.63, 3.8) is 0 Å². The molecule has 0 fully saturated rings. The van der Waals surface area contributed by atoms with E-state index >= 15 is 0 Å². The van der Waals surface area contributed by atoms with Crippen molar-refractivity contribution in [3.05, 3.63) is 23.4 Å². The van der Waals surface area contributed by atoms with Crippen molar-refractivity contribution in [2.45, 2.75) is 13.0 Å². The third-order valence-corrected chi connectivity index (χ3v) is 2.51. The molecule has 4 N–H and O–H groups in total. The van der Waals surface area contributed by atoms with Crippen molar-refractivity contribution >= 4 is 11.7 Å². The molecule has 0 aromatic carbocycles. The van der Waals surface area contributed by atoms with E-state index in [4.69, 9.17) is 20.6 Å².